The summed E-state index contributed by atoms with van der Waals surface area (Å²) in [4.78, 5) is 14.6. The molecule has 3 rings (SSSR count). The van der Waals surface area contributed by atoms with E-state index in [4.69, 9.17) is 16.3 Å². The van der Waals surface area contributed by atoms with Gasteiger partial charge in [0.05, 0.1) is 6.61 Å². The summed E-state index contributed by atoms with van der Waals surface area (Å²) in [5, 5.41) is 3.73. The molecule has 5 heteroatoms. The standard InChI is InChI=1S/C22H27ClN2O2/c23-20-9-11-21(12-10-20)27-15-5-8-22(26)24-16-18-6-1-2-7-19(18)17-25-13-3-4-14-25/h1-2,6-7,9-12H,3-5,8,13-17H2,(H,24,26). The molecule has 0 atom stereocenters. The molecular formula is C22H27ClN2O2. The van der Waals surface area contributed by atoms with Crippen molar-refractivity contribution < 1.29 is 9.53 Å². The van der Waals surface area contributed by atoms with Crippen LogP contribution in [0.5, 0.6) is 5.75 Å². The minimum atomic E-state index is 0.0608. The fourth-order valence-electron chi connectivity index (χ4n) is 3.30. The zero-order valence-electron chi connectivity index (χ0n) is 15.6. The van der Waals surface area contributed by atoms with Crippen LogP contribution in [0.4, 0.5) is 0 Å². The first-order valence-corrected chi connectivity index (χ1v) is 10.0. The third kappa shape index (κ3) is 6.56. The average molecular weight is 387 g/mol. The van der Waals surface area contributed by atoms with Crippen LogP contribution in [0.1, 0.15) is 36.8 Å². The fourth-order valence-corrected chi connectivity index (χ4v) is 3.43. The van der Waals surface area contributed by atoms with Crippen molar-refractivity contribution in [2.45, 2.75) is 38.8 Å². The Bertz CT molecular complexity index is 727. The van der Waals surface area contributed by atoms with Gasteiger partial charge in [-0.3, -0.25) is 9.69 Å². The van der Waals surface area contributed by atoms with Crippen molar-refractivity contribution in [2.75, 3.05) is 19.7 Å². The van der Waals surface area contributed by atoms with Crippen LogP contribution in [0.2, 0.25) is 5.02 Å². The van der Waals surface area contributed by atoms with Crippen LogP contribution in [0.25, 0.3) is 0 Å². The molecule has 2 aromatic rings. The number of rotatable bonds is 9. The summed E-state index contributed by atoms with van der Waals surface area (Å²) in [5.41, 5.74) is 2.51. The van der Waals surface area contributed by atoms with E-state index < -0.39 is 0 Å². The highest BCUT2D eigenvalue weighted by Crippen LogP contribution is 2.17. The molecule has 1 aliphatic heterocycles. The molecule has 0 aromatic heterocycles. The van der Waals surface area contributed by atoms with Crippen LogP contribution in [0.3, 0.4) is 0 Å². The van der Waals surface area contributed by atoms with E-state index in [9.17, 15) is 4.79 Å². The van der Waals surface area contributed by atoms with Crippen LogP contribution in [-0.4, -0.2) is 30.5 Å². The molecule has 27 heavy (non-hydrogen) atoms. The van der Waals surface area contributed by atoms with E-state index in [2.05, 4.69) is 28.4 Å². The summed E-state index contributed by atoms with van der Waals surface area (Å²) in [6.07, 6.45) is 3.72. The van der Waals surface area contributed by atoms with Crippen molar-refractivity contribution in [1.29, 1.82) is 0 Å². The van der Waals surface area contributed by atoms with Gasteiger partial charge in [0, 0.05) is 24.5 Å². The molecule has 0 unspecified atom stereocenters. The molecule has 1 heterocycles. The number of ether oxygens (including phenoxy) is 1. The third-order valence-corrected chi connectivity index (χ3v) is 5.07. The van der Waals surface area contributed by atoms with Crippen LogP contribution < -0.4 is 10.1 Å². The minimum absolute atomic E-state index is 0.0608. The summed E-state index contributed by atoms with van der Waals surface area (Å²) in [6, 6.07) is 15.6. The Hall–Kier alpha value is -2.04. The van der Waals surface area contributed by atoms with Gasteiger partial charge in [0.25, 0.3) is 0 Å². The van der Waals surface area contributed by atoms with Crippen molar-refractivity contribution in [3.8, 4) is 5.75 Å². The smallest absolute Gasteiger partial charge is 0.220 e. The summed E-state index contributed by atoms with van der Waals surface area (Å²) in [7, 11) is 0. The predicted octanol–water partition coefficient (Wildman–Crippen LogP) is 4.41. The highest BCUT2D eigenvalue weighted by Gasteiger charge is 2.13. The van der Waals surface area contributed by atoms with Crippen molar-refractivity contribution >= 4 is 17.5 Å². The van der Waals surface area contributed by atoms with Gasteiger partial charge in [-0.15, -0.1) is 0 Å². The molecular weight excluding hydrogens is 360 g/mol. The van der Waals surface area contributed by atoms with E-state index in [0.29, 0.717) is 31.0 Å². The fraction of sp³-hybridized carbons (Fsp3) is 0.409. The number of carbonyl (C=O) groups is 1. The van der Waals surface area contributed by atoms with Gasteiger partial charge in [0.15, 0.2) is 0 Å². The quantitative estimate of drug-likeness (QED) is 0.649. The Balaban J connectivity index is 1.38. The Morgan fingerprint density at radius 3 is 2.48 bits per heavy atom. The van der Waals surface area contributed by atoms with Gasteiger partial charge in [0.1, 0.15) is 5.75 Å². The number of hydrogen-bond donors (Lipinski definition) is 1. The lowest BCUT2D eigenvalue weighted by Gasteiger charge is -2.17. The lowest BCUT2D eigenvalue weighted by atomic mass is 10.1. The number of likely N-dealkylation sites (tertiary alicyclic amines) is 1. The van der Waals surface area contributed by atoms with Crippen LogP contribution in [0, 0.1) is 0 Å². The highest BCUT2D eigenvalue weighted by atomic mass is 35.5. The van der Waals surface area contributed by atoms with Gasteiger partial charge < -0.3 is 10.1 Å². The van der Waals surface area contributed by atoms with Crippen molar-refractivity contribution in [3.63, 3.8) is 0 Å². The predicted molar refractivity (Wildman–Crippen MR) is 109 cm³/mol. The average Bonchev–Trinajstić information content (AvgIpc) is 3.19. The highest BCUT2D eigenvalue weighted by molar-refractivity contribution is 6.30. The first-order valence-electron chi connectivity index (χ1n) is 9.65. The van der Waals surface area contributed by atoms with E-state index in [-0.39, 0.29) is 5.91 Å². The van der Waals surface area contributed by atoms with Crippen molar-refractivity contribution in [2.24, 2.45) is 0 Å². The van der Waals surface area contributed by atoms with Crippen LogP contribution in [-0.2, 0) is 17.9 Å². The Kier molecular flexibility index (Phi) is 7.55. The van der Waals surface area contributed by atoms with Gasteiger partial charge in [-0.05, 0) is 67.7 Å². The van der Waals surface area contributed by atoms with E-state index in [1.165, 1.54) is 37.1 Å². The molecule has 1 fully saturated rings. The monoisotopic (exact) mass is 386 g/mol. The van der Waals surface area contributed by atoms with Gasteiger partial charge >= 0.3 is 0 Å². The molecule has 0 spiro atoms. The molecule has 0 aliphatic carbocycles. The summed E-state index contributed by atoms with van der Waals surface area (Å²) < 4.78 is 5.62. The molecule has 0 radical (unpaired) electrons. The number of nitrogens with one attached hydrogen (secondary N) is 1. The van der Waals surface area contributed by atoms with Crippen molar-refractivity contribution in [1.82, 2.24) is 10.2 Å². The first-order chi connectivity index (χ1) is 13.2. The minimum Gasteiger partial charge on any atom is -0.494 e. The van der Waals surface area contributed by atoms with Crippen molar-refractivity contribution in [3.05, 3.63) is 64.7 Å². The van der Waals surface area contributed by atoms with E-state index in [1.807, 2.05) is 18.2 Å². The lowest BCUT2D eigenvalue weighted by Crippen LogP contribution is -2.25. The zero-order chi connectivity index (χ0) is 18.9. The normalized spacial score (nSPS) is 14.3. The molecule has 0 saturated carbocycles. The second-order valence-electron chi connectivity index (χ2n) is 6.93. The SMILES string of the molecule is O=C(CCCOc1ccc(Cl)cc1)NCc1ccccc1CN1CCCC1. The van der Waals surface area contributed by atoms with Gasteiger partial charge in [0.2, 0.25) is 5.91 Å². The molecule has 2 aromatic carbocycles. The number of amides is 1. The molecule has 144 valence electrons. The van der Waals surface area contributed by atoms with Crippen LogP contribution in [0.15, 0.2) is 48.5 Å². The summed E-state index contributed by atoms with van der Waals surface area (Å²) in [6.45, 7) is 4.42. The maximum Gasteiger partial charge on any atom is 0.220 e. The number of benzene rings is 2. The maximum atomic E-state index is 12.1. The Labute approximate surface area is 166 Å². The topological polar surface area (TPSA) is 41.6 Å². The number of nitrogens with zero attached hydrogens (tertiary/aromatic N) is 1. The molecule has 1 N–H and O–H groups in total. The van der Waals surface area contributed by atoms with Gasteiger partial charge in [-0.2, -0.15) is 0 Å². The second-order valence-corrected chi connectivity index (χ2v) is 7.37. The first kappa shape index (κ1) is 19.7. The van der Waals surface area contributed by atoms with Crippen LogP contribution >= 0.6 is 11.6 Å². The molecule has 1 amide bonds. The molecule has 1 aliphatic rings. The van der Waals surface area contributed by atoms with E-state index >= 15 is 0 Å². The van der Waals surface area contributed by atoms with Gasteiger partial charge in [-0.1, -0.05) is 35.9 Å². The second kappa shape index (κ2) is 10.3. The van der Waals surface area contributed by atoms with Gasteiger partial charge in [-0.25, -0.2) is 0 Å². The largest absolute Gasteiger partial charge is 0.494 e. The maximum absolute atomic E-state index is 12.1. The van der Waals surface area contributed by atoms with E-state index in [0.717, 1.165) is 12.3 Å². The van der Waals surface area contributed by atoms with E-state index in [1.54, 1.807) is 12.1 Å². The lowest BCUT2D eigenvalue weighted by molar-refractivity contribution is -0.121. The third-order valence-electron chi connectivity index (χ3n) is 4.82. The zero-order valence-corrected chi connectivity index (χ0v) is 16.4. The summed E-state index contributed by atoms with van der Waals surface area (Å²) >= 11 is 5.85. The Morgan fingerprint density at radius 2 is 1.74 bits per heavy atom. The molecule has 1 saturated heterocycles. The number of halogens is 1. The number of carbonyl (C=O) groups excluding carboxylic acids is 1. The number of hydrogen-bond acceptors (Lipinski definition) is 3. The molecule has 4 nitrogen and oxygen atoms in total. The Morgan fingerprint density at radius 1 is 1.04 bits per heavy atom. The summed E-state index contributed by atoms with van der Waals surface area (Å²) in [5.74, 6) is 0.835. The molecule has 0 bridgehead atoms.